The molecule has 26 heavy (non-hydrogen) atoms. The standard InChI is InChI=1S/C19H19N3O4/c1-25-14-6-3-12(4-7-14)15-11-13(5-9-17(15)26-2)20-19(24)16-8-10-18(23)22-21-16/h3-7,9,11H,8,10H2,1-2H3,(H,20,24)(H,22,23). The van der Waals surface area contributed by atoms with Crippen molar-refractivity contribution < 1.29 is 19.1 Å². The van der Waals surface area contributed by atoms with Crippen molar-refractivity contribution in [3.63, 3.8) is 0 Å². The molecule has 134 valence electrons. The summed E-state index contributed by atoms with van der Waals surface area (Å²) in [5, 5.41) is 6.62. The second-order valence-corrected chi connectivity index (χ2v) is 5.69. The van der Waals surface area contributed by atoms with Crippen LogP contribution in [-0.2, 0) is 9.59 Å². The van der Waals surface area contributed by atoms with E-state index in [4.69, 9.17) is 9.47 Å². The van der Waals surface area contributed by atoms with Gasteiger partial charge in [0.2, 0.25) is 5.91 Å². The van der Waals surface area contributed by atoms with Gasteiger partial charge in [0.1, 0.15) is 17.2 Å². The third-order valence-electron chi connectivity index (χ3n) is 4.02. The second-order valence-electron chi connectivity index (χ2n) is 5.69. The number of ether oxygens (including phenoxy) is 2. The highest BCUT2D eigenvalue weighted by Crippen LogP contribution is 2.33. The minimum atomic E-state index is -0.337. The number of hydrazone groups is 1. The zero-order valence-corrected chi connectivity index (χ0v) is 14.5. The minimum Gasteiger partial charge on any atom is -0.497 e. The number of carbonyl (C=O) groups is 2. The van der Waals surface area contributed by atoms with Crippen LogP contribution in [0.1, 0.15) is 12.8 Å². The molecule has 1 heterocycles. The highest BCUT2D eigenvalue weighted by Gasteiger charge is 2.19. The molecule has 0 spiro atoms. The average molecular weight is 353 g/mol. The van der Waals surface area contributed by atoms with Crippen molar-refractivity contribution >= 4 is 23.2 Å². The van der Waals surface area contributed by atoms with Gasteiger partial charge in [-0.05, 0) is 35.9 Å². The first-order valence-electron chi connectivity index (χ1n) is 8.10. The predicted octanol–water partition coefficient (Wildman–Crippen LogP) is 2.58. The number of nitrogens with zero attached hydrogens (tertiary/aromatic N) is 1. The number of hydrogen-bond acceptors (Lipinski definition) is 5. The van der Waals surface area contributed by atoms with Gasteiger partial charge in [-0.2, -0.15) is 5.10 Å². The number of rotatable bonds is 5. The molecular formula is C19H19N3O4. The van der Waals surface area contributed by atoms with Gasteiger partial charge in [-0.25, -0.2) is 5.43 Å². The first kappa shape index (κ1) is 17.5. The van der Waals surface area contributed by atoms with Gasteiger partial charge in [0.15, 0.2) is 0 Å². The molecule has 0 unspecified atom stereocenters. The zero-order chi connectivity index (χ0) is 18.5. The number of anilines is 1. The summed E-state index contributed by atoms with van der Waals surface area (Å²) in [5.74, 6) is 0.925. The van der Waals surface area contributed by atoms with Crippen LogP contribution in [0.3, 0.4) is 0 Å². The molecule has 7 heteroatoms. The first-order valence-corrected chi connectivity index (χ1v) is 8.10. The van der Waals surface area contributed by atoms with Gasteiger partial charge < -0.3 is 14.8 Å². The Hall–Kier alpha value is -3.35. The summed E-state index contributed by atoms with van der Waals surface area (Å²) in [6.07, 6.45) is 0.575. The Morgan fingerprint density at radius 3 is 2.46 bits per heavy atom. The van der Waals surface area contributed by atoms with Crippen LogP contribution in [0.2, 0.25) is 0 Å². The molecule has 2 aromatic carbocycles. The lowest BCUT2D eigenvalue weighted by molar-refractivity contribution is -0.121. The predicted molar refractivity (Wildman–Crippen MR) is 98.4 cm³/mol. The van der Waals surface area contributed by atoms with Crippen LogP contribution in [0, 0.1) is 0 Å². The molecule has 0 fully saturated rings. The molecule has 0 bridgehead atoms. The van der Waals surface area contributed by atoms with Crippen molar-refractivity contribution in [3.05, 3.63) is 42.5 Å². The molecule has 2 aromatic rings. The summed E-state index contributed by atoms with van der Waals surface area (Å²) in [7, 11) is 3.21. The third-order valence-corrected chi connectivity index (χ3v) is 4.02. The largest absolute Gasteiger partial charge is 0.497 e. The normalized spacial score (nSPS) is 13.5. The molecule has 0 saturated heterocycles. The number of carbonyl (C=O) groups excluding carboxylic acids is 2. The fourth-order valence-electron chi connectivity index (χ4n) is 2.62. The lowest BCUT2D eigenvalue weighted by Crippen LogP contribution is -2.32. The molecular weight excluding hydrogens is 334 g/mol. The van der Waals surface area contributed by atoms with E-state index in [9.17, 15) is 9.59 Å². The molecule has 0 aromatic heterocycles. The molecule has 0 saturated carbocycles. The molecule has 0 atom stereocenters. The summed E-state index contributed by atoms with van der Waals surface area (Å²) >= 11 is 0. The van der Waals surface area contributed by atoms with Crippen LogP contribution >= 0.6 is 0 Å². The van der Waals surface area contributed by atoms with Gasteiger partial charge in [-0.1, -0.05) is 12.1 Å². The molecule has 2 amide bonds. The van der Waals surface area contributed by atoms with E-state index < -0.39 is 0 Å². The first-order chi connectivity index (χ1) is 12.6. The van der Waals surface area contributed by atoms with Crippen LogP contribution in [0.15, 0.2) is 47.6 Å². The maximum absolute atomic E-state index is 12.3. The van der Waals surface area contributed by atoms with E-state index in [2.05, 4.69) is 15.8 Å². The van der Waals surface area contributed by atoms with E-state index in [0.717, 1.165) is 16.9 Å². The summed E-state index contributed by atoms with van der Waals surface area (Å²) < 4.78 is 10.6. The molecule has 3 rings (SSSR count). The van der Waals surface area contributed by atoms with Crippen molar-refractivity contribution in [1.29, 1.82) is 0 Å². The monoisotopic (exact) mass is 353 g/mol. The fourth-order valence-corrected chi connectivity index (χ4v) is 2.62. The van der Waals surface area contributed by atoms with E-state index in [1.807, 2.05) is 30.3 Å². The van der Waals surface area contributed by atoms with Crippen LogP contribution in [0.5, 0.6) is 11.5 Å². The highest BCUT2D eigenvalue weighted by atomic mass is 16.5. The highest BCUT2D eigenvalue weighted by molar-refractivity contribution is 6.43. The van der Waals surface area contributed by atoms with Crippen LogP contribution in [0.25, 0.3) is 11.1 Å². The topological polar surface area (TPSA) is 89.0 Å². The summed E-state index contributed by atoms with van der Waals surface area (Å²) in [4.78, 5) is 23.5. The van der Waals surface area contributed by atoms with Crippen molar-refractivity contribution in [1.82, 2.24) is 5.43 Å². The zero-order valence-electron chi connectivity index (χ0n) is 14.5. The maximum Gasteiger partial charge on any atom is 0.271 e. The van der Waals surface area contributed by atoms with Crippen LogP contribution in [0.4, 0.5) is 5.69 Å². The quantitative estimate of drug-likeness (QED) is 0.865. The smallest absolute Gasteiger partial charge is 0.271 e. The summed E-state index contributed by atoms with van der Waals surface area (Å²) in [6.45, 7) is 0. The van der Waals surface area contributed by atoms with Gasteiger partial charge >= 0.3 is 0 Å². The van der Waals surface area contributed by atoms with Crippen molar-refractivity contribution in [2.24, 2.45) is 5.10 Å². The Bertz CT molecular complexity index is 860. The van der Waals surface area contributed by atoms with E-state index >= 15 is 0 Å². The van der Waals surface area contributed by atoms with Gasteiger partial charge in [0, 0.05) is 24.1 Å². The number of methoxy groups -OCH3 is 2. The van der Waals surface area contributed by atoms with Gasteiger partial charge in [-0.3, -0.25) is 9.59 Å². The fraction of sp³-hybridized carbons (Fsp3) is 0.211. The van der Waals surface area contributed by atoms with Crippen molar-refractivity contribution in [3.8, 4) is 22.6 Å². The maximum atomic E-state index is 12.3. The Labute approximate surface area is 151 Å². The minimum absolute atomic E-state index is 0.187. The lowest BCUT2D eigenvalue weighted by Gasteiger charge is -2.14. The van der Waals surface area contributed by atoms with Crippen molar-refractivity contribution in [2.75, 3.05) is 19.5 Å². The third kappa shape index (κ3) is 3.83. The van der Waals surface area contributed by atoms with E-state index in [0.29, 0.717) is 23.6 Å². The number of amides is 2. The summed E-state index contributed by atoms with van der Waals surface area (Å²) in [6, 6.07) is 12.9. The van der Waals surface area contributed by atoms with E-state index in [1.54, 1.807) is 26.4 Å². The van der Waals surface area contributed by atoms with Gasteiger partial charge in [0.25, 0.3) is 5.91 Å². The lowest BCUT2D eigenvalue weighted by atomic mass is 10.0. The Balaban J connectivity index is 1.85. The van der Waals surface area contributed by atoms with Gasteiger partial charge in [-0.15, -0.1) is 0 Å². The van der Waals surface area contributed by atoms with Crippen LogP contribution < -0.4 is 20.2 Å². The van der Waals surface area contributed by atoms with Crippen molar-refractivity contribution in [2.45, 2.75) is 12.8 Å². The molecule has 2 N–H and O–H groups in total. The number of benzene rings is 2. The Morgan fingerprint density at radius 2 is 1.85 bits per heavy atom. The van der Waals surface area contributed by atoms with E-state index in [1.165, 1.54) is 0 Å². The van der Waals surface area contributed by atoms with Gasteiger partial charge in [0.05, 0.1) is 14.2 Å². The summed E-state index contributed by atoms with van der Waals surface area (Å²) in [5.41, 5.74) is 5.00. The molecule has 0 aliphatic carbocycles. The molecule has 1 aliphatic heterocycles. The number of hydrogen-bond donors (Lipinski definition) is 2. The molecule has 0 radical (unpaired) electrons. The Kier molecular flexibility index (Phi) is 5.17. The van der Waals surface area contributed by atoms with Crippen LogP contribution in [-0.4, -0.2) is 31.7 Å². The van der Waals surface area contributed by atoms with E-state index in [-0.39, 0.29) is 18.2 Å². The molecule has 1 aliphatic rings. The Morgan fingerprint density at radius 1 is 1.08 bits per heavy atom. The average Bonchev–Trinajstić information content (AvgIpc) is 2.68. The second kappa shape index (κ2) is 7.69. The molecule has 7 nitrogen and oxygen atoms in total. The SMILES string of the molecule is COc1ccc(-c2cc(NC(=O)C3=NNC(=O)CC3)ccc2OC)cc1. The number of nitrogens with one attached hydrogen (secondary N) is 2.